The first kappa shape index (κ1) is 15.3. The second-order valence-corrected chi connectivity index (χ2v) is 8.00. The summed E-state index contributed by atoms with van der Waals surface area (Å²) in [6.07, 6.45) is 4.41. The van der Waals surface area contributed by atoms with E-state index in [2.05, 4.69) is 10.6 Å². The number of fused-ring (bicyclic) bond motifs is 2. The summed E-state index contributed by atoms with van der Waals surface area (Å²) in [7, 11) is -3.16. The number of carbonyl (C=O) groups is 1. The maximum absolute atomic E-state index is 12.0. The average Bonchev–Trinajstić information content (AvgIpc) is 2.72. The zero-order valence-electron chi connectivity index (χ0n) is 12.5. The van der Waals surface area contributed by atoms with Crippen molar-refractivity contribution in [1.82, 2.24) is 9.62 Å². The van der Waals surface area contributed by atoms with E-state index in [1.54, 1.807) is 4.31 Å². The Balaban J connectivity index is 1.59. The van der Waals surface area contributed by atoms with Gasteiger partial charge in [-0.15, -0.1) is 0 Å². The van der Waals surface area contributed by atoms with Crippen molar-refractivity contribution in [3.8, 4) is 0 Å². The van der Waals surface area contributed by atoms with E-state index in [4.69, 9.17) is 0 Å². The van der Waals surface area contributed by atoms with Gasteiger partial charge in [-0.1, -0.05) is 18.2 Å². The molecular weight excluding hydrogens is 302 g/mol. The zero-order chi connectivity index (χ0) is 15.7. The molecule has 2 aliphatic heterocycles. The second-order valence-electron chi connectivity index (χ2n) is 6.11. The Morgan fingerprint density at radius 3 is 2.27 bits per heavy atom. The second kappa shape index (κ2) is 5.89. The molecule has 2 heterocycles. The Labute approximate surface area is 130 Å². The van der Waals surface area contributed by atoms with Gasteiger partial charge in [0, 0.05) is 23.8 Å². The van der Waals surface area contributed by atoms with Gasteiger partial charge >= 0.3 is 6.03 Å². The number of carbonyl (C=O) groups excluding carboxylic acids is 1. The van der Waals surface area contributed by atoms with Crippen molar-refractivity contribution in [3.05, 3.63) is 30.3 Å². The van der Waals surface area contributed by atoms with Gasteiger partial charge in [-0.05, 0) is 37.8 Å². The molecule has 2 saturated heterocycles. The van der Waals surface area contributed by atoms with Crippen molar-refractivity contribution in [2.24, 2.45) is 0 Å². The van der Waals surface area contributed by atoms with Gasteiger partial charge in [-0.3, -0.25) is 0 Å². The molecule has 0 aliphatic carbocycles. The largest absolute Gasteiger partial charge is 0.335 e. The third-order valence-electron chi connectivity index (χ3n) is 4.42. The van der Waals surface area contributed by atoms with E-state index in [0.29, 0.717) is 12.8 Å². The predicted molar refractivity (Wildman–Crippen MR) is 85.1 cm³/mol. The van der Waals surface area contributed by atoms with E-state index < -0.39 is 10.0 Å². The van der Waals surface area contributed by atoms with Gasteiger partial charge in [0.15, 0.2) is 0 Å². The van der Waals surface area contributed by atoms with Crippen LogP contribution < -0.4 is 10.6 Å². The minimum atomic E-state index is -3.16. The number of anilines is 1. The zero-order valence-corrected chi connectivity index (χ0v) is 13.3. The molecule has 3 rings (SSSR count). The fraction of sp³-hybridized carbons (Fsp3) is 0.533. The highest BCUT2D eigenvalue weighted by atomic mass is 32.2. The van der Waals surface area contributed by atoms with Crippen LogP contribution >= 0.6 is 0 Å². The fourth-order valence-corrected chi connectivity index (χ4v) is 5.13. The third-order valence-corrected chi connectivity index (χ3v) is 5.78. The topological polar surface area (TPSA) is 78.5 Å². The Hall–Kier alpha value is -1.60. The Morgan fingerprint density at radius 2 is 1.73 bits per heavy atom. The van der Waals surface area contributed by atoms with Gasteiger partial charge < -0.3 is 10.6 Å². The molecule has 0 spiro atoms. The summed E-state index contributed by atoms with van der Waals surface area (Å²) >= 11 is 0. The van der Waals surface area contributed by atoms with Gasteiger partial charge in [-0.2, -0.15) is 4.31 Å². The molecule has 22 heavy (non-hydrogen) atoms. The molecule has 0 saturated carbocycles. The summed E-state index contributed by atoms with van der Waals surface area (Å²) in [6, 6.07) is 9.11. The monoisotopic (exact) mass is 323 g/mol. The fourth-order valence-electron chi connectivity index (χ4n) is 3.67. The summed E-state index contributed by atoms with van der Waals surface area (Å²) in [5.41, 5.74) is 0.747. The number of nitrogens with one attached hydrogen (secondary N) is 2. The molecule has 0 aromatic heterocycles. The quantitative estimate of drug-likeness (QED) is 0.890. The number of piperidine rings is 1. The minimum absolute atomic E-state index is 0.0239. The van der Waals surface area contributed by atoms with E-state index in [1.807, 2.05) is 30.3 Å². The van der Waals surface area contributed by atoms with E-state index in [0.717, 1.165) is 18.5 Å². The maximum atomic E-state index is 12.0. The van der Waals surface area contributed by atoms with Gasteiger partial charge in [-0.25, -0.2) is 13.2 Å². The normalized spacial score (nSPS) is 28.3. The summed E-state index contributed by atoms with van der Waals surface area (Å²) in [5, 5.41) is 5.77. The molecule has 2 fully saturated rings. The molecular formula is C15H21N3O3S. The summed E-state index contributed by atoms with van der Waals surface area (Å²) in [6.45, 7) is 0. The number of urea groups is 1. The van der Waals surface area contributed by atoms with Gasteiger partial charge in [0.05, 0.1) is 6.26 Å². The molecule has 6 nitrogen and oxygen atoms in total. The van der Waals surface area contributed by atoms with Crippen LogP contribution in [0.5, 0.6) is 0 Å². The first-order valence-electron chi connectivity index (χ1n) is 7.54. The van der Waals surface area contributed by atoms with E-state index in [-0.39, 0.29) is 24.2 Å². The molecule has 2 bridgehead atoms. The molecule has 2 amide bonds. The van der Waals surface area contributed by atoms with Crippen LogP contribution in [0.1, 0.15) is 25.7 Å². The number of amides is 2. The molecule has 2 unspecified atom stereocenters. The summed E-state index contributed by atoms with van der Waals surface area (Å²) in [4.78, 5) is 12.0. The molecule has 0 radical (unpaired) electrons. The van der Waals surface area contributed by atoms with Crippen molar-refractivity contribution in [1.29, 1.82) is 0 Å². The maximum Gasteiger partial charge on any atom is 0.319 e. The minimum Gasteiger partial charge on any atom is -0.335 e. The van der Waals surface area contributed by atoms with E-state index in [1.165, 1.54) is 6.26 Å². The van der Waals surface area contributed by atoms with Crippen LogP contribution in [0.4, 0.5) is 10.5 Å². The summed E-state index contributed by atoms with van der Waals surface area (Å²) < 4.78 is 25.3. The van der Waals surface area contributed by atoms with Crippen LogP contribution in [0, 0.1) is 0 Å². The van der Waals surface area contributed by atoms with Gasteiger partial charge in [0.1, 0.15) is 0 Å². The first-order chi connectivity index (χ1) is 10.4. The molecule has 2 aliphatic rings. The molecule has 2 N–H and O–H groups in total. The van der Waals surface area contributed by atoms with E-state index in [9.17, 15) is 13.2 Å². The van der Waals surface area contributed by atoms with Gasteiger partial charge in [0.2, 0.25) is 10.0 Å². The molecule has 1 aromatic carbocycles. The number of para-hydroxylation sites is 1. The van der Waals surface area contributed by atoms with Crippen LogP contribution in [0.3, 0.4) is 0 Å². The van der Waals surface area contributed by atoms with Crippen LogP contribution in [-0.2, 0) is 10.0 Å². The Morgan fingerprint density at radius 1 is 1.14 bits per heavy atom. The van der Waals surface area contributed by atoms with Crippen molar-refractivity contribution in [2.75, 3.05) is 11.6 Å². The average molecular weight is 323 g/mol. The number of nitrogens with zero attached hydrogens (tertiary/aromatic N) is 1. The number of rotatable bonds is 3. The van der Waals surface area contributed by atoms with Gasteiger partial charge in [0.25, 0.3) is 0 Å². The predicted octanol–water partition coefficient (Wildman–Crippen LogP) is 1.76. The highest BCUT2D eigenvalue weighted by Crippen LogP contribution is 2.37. The third kappa shape index (κ3) is 3.25. The Bertz CT molecular complexity index is 633. The lowest BCUT2D eigenvalue weighted by atomic mass is 10.00. The number of hydrogen-bond acceptors (Lipinski definition) is 3. The summed E-state index contributed by atoms with van der Waals surface area (Å²) in [5.74, 6) is 0. The van der Waals surface area contributed by atoms with Crippen LogP contribution in [0.2, 0.25) is 0 Å². The lowest BCUT2D eigenvalue weighted by Crippen LogP contribution is -2.52. The molecule has 120 valence electrons. The number of benzene rings is 1. The smallest absolute Gasteiger partial charge is 0.319 e. The standard InChI is InChI=1S/C15H21N3O3S/c1-22(20,21)18-13-7-8-14(18)10-12(9-13)17-15(19)16-11-5-3-2-4-6-11/h2-6,12-14H,7-10H2,1H3,(H2,16,17,19). The van der Waals surface area contributed by atoms with Crippen LogP contribution in [0.25, 0.3) is 0 Å². The molecule has 2 atom stereocenters. The Kier molecular flexibility index (Phi) is 4.10. The SMILES string of the molecule is CS(=O)(=O)N1C2CCC1CC(NC(=O)Nc1ccccc1)C2. The highest BCUT2D eigenvalue weighted by molar-refractivity contribution is 7.88. The van der Waals surface area contributed by atoms with Crippen molar-refractivity contribution in [3.63, 3.8) is 0 Å². The van der Waals surface area contributed by atoms with Crippen LogP contribution in [-0.4, -0.2) is 43.1 Å². The molecule has 1 aromatic rings. The van der Waals surface area contributed by atoms with Crippen molar-refractivity contribution < 1.29 is 13.2 Å². The number of hydrogen-bond donors (Lipinski definition) is 2. The number of sulfonamides is 1. The lowest BCUT2D eigenvalue weighted by molar-refractivity contribution is 0.204. The first-order valence-corrected chi connectivity index (χ1v) is 9.39. The lowest BCUT2D eigenvalue weighted by Gasteiger charge is -2.37. The van der Waals surface area contributed by atoms with Crippen molar-refractivity contribution >= 4 is 21.7 Å². The molecule has 7 heteroatoms. The van der Waals surface area contributed by atoms with E-state index >= 15 is 0 Å². The van der Waals surface area contributed by atoms with Crippen molar-refractivity contribution in [2.45, 2.75) is 43.8 Å². The highest BCUT2D eigenvalue weighted by Gasteiger charge is 2.45. The van der Waals surface area contributed by atoms with Crippen LogP contribution in [0.15, 0.2) is 30.3 Å².